The molecule has 4 aromatic rings. The van der Waals surface area contributed by atoms with Gasteiger partial charge in [-0.25, -0.2) is 15.0 Å². The number of rotatable bonds is 4. The predicted molar refractivity (Wildman–Crippen MR) is 101 cm³/mol. The number of nitrogens with one attached hydrogen (secondary N) is 2. The van der Waals surface area contributed by atoms with Gasteiger partial charge in [0.2, 0.25) is 0 Å². The lowest BCUT2D eigenvalue weighted by Gasteiger charge is -2.06. The number of pyridine rings is 1. The summed E-state index contributed by atoms with van der Waals surface area (Å²) in [4.78, 5) is 20.2. The summed E-state index contributed by atoms with van der Waals surface area (Å²) < 4.78 is 0. The fraction of sp³-hybridized carbons (Fsp3) is 0.0588. The summed E-state index contributed by atoms with van der Waals surface area (Å²) in [6, 6.07) is 7.04. The minimum atomic E-state index is -0.0963. The maximum absolute atomic E-state index is 9.25. The molecule has 0 unspecified atom stereocenters. The Kier molecular flexibility index (Phi) is 4.42. The lowest BCUT2D eigenvalue weighted by atomic mass is 10.2. The van der Waals surface area contributed by atoms with Crippen molar-refractivity contribution < 1.29 is 5.11 Å². The van der Waals surface area contributed by atoms with Gasteiger partial charge in [0.15, 0.2) is 11.5 Å². The fourth-order valence-electron chi connectivity index (χ4n) is 2.54. The minimum Gasteiger partial charge on any atom is -0.392 e. The fourth-order valence-corrected chi connectivity index (χ4v) is 3.12. The first kappa shape index (κ1) is 16.7. The maximum atomic E-state index is 9.25. The van der Waals surface area contributed by atoms with Crippen LogP contribution in [0.5, 0.6) is 0 Å². The number of aromatic nitrogens is 5. The molecule has 3 heterocycles. The van der Waals surface area contributed by atoms with Crippen molar-refractivity contribution in [2.75, 3.05) is 5.32 Å². The second kappa shape index (κ2) is 6.87. The Labute approximate surface area is 158 Å². The molecule has 0 fully saturated rings. The number of aliphatic hydroxyl groups excluding tert-OH is 1. The number of hydrogen-bond donors (Lipinski definition) is 3. The van der Waals surface area contributed by atoms with Crippen LogP contribution in [0.15, 0.2) is 43.0 Å². The van der Waals surface area contributed by atoms with Crippen LogP contribution in [0.3, 0.4) is 0 Å². The normalized spacial score (nSPS) is 11.0. The van der Waals surface area contributed by atoms with E-state index in [1.807, 2.05) is 0 Å². The number of fused-ring (bicyclic) bond motifs is 1. The van der Waals surface area contributed by atoms with E-state index >= 15 is 0 Å². The molecule has 0 aliphatic rings. The van der Waals surface area contributed by atoms with Gasteiger partial charge in [-0.1, -0.05) is 29.3 Å². The zero-order valence-corrected chi connectivity index (χ0v) is 14.8. The number of hydrogen-bond acceptors (Lipinski definition) is 6. The Hall–Kier alpha value is -2.74. The van der Waals surface area contributed by atoms with Crippen LogP contribution in [0, 0.1) is 0 Å². The molecule has 7 nitrogen and oxygen atoms in total. The summed E-state index contributed by atoms with van der Waals surface area (Å²) in [6.45, 7) is -0.0963. The van der Waals surface area contributed by atoms with E-state index < -0.39 is 0 Å². The van der Waals surface area contributed by atoms with Crippen molar-refractivity contribution in [1.82, 2.24) is 24.9 Å². The van der Waals surface area contributed by atoms with Gasteiger partial charge < -0.3 is 15.4 Å². The van der Waals surface area contributed by atoms with Crippen LogP contribution in [-0.4, -0.2) is 30.0 Å². The zero-order chi connectivity index (χ0) is 18.1. The number of aliphatic hydroxyl groups is 1. The summed E-state index contributed by atoms with van der Waals surface area (Å²) >= 11 is 12.5. The Morgan fingerprint density at radius 1 is 1.12 bits per heavy atom. The molecule has 3 N–H and O–H groups in total. The SMILES string of the molecule is OCc1cncc(Nc2ncnc3nc(-c4c(Cl)cccc4Cl)[nH]c23)c1. The molecule has 1 aromatic carbocycles. The average Bonchev–Trinajstić information content (AvgIpc) is 3.06. The highest BCUT2D eigenvalue weighted by Crippen LogP contribution is 2.34. The molecule has 0 aliphatic heterocycles. The molecule has 130 valence electrons. The van der Waals surface area contributed by atoms with E-state index in [1.165, 1.54) is 6.33 Å². The first-order valence-corrected chi connectivity index (χ1v) is 8.38. The largest absolute Gasteiger partial charge is 0.392 e. The van der Waals surface area contributed by atoms with Crippen molar-refractivity contribution >= 4 is 45.9 Å². The van der Waals surface area contributed by atoms with Crippen molar-refractivity contribution in [3.63, 3.8) is 0 Å². The van der Waals surface area contributed by atoms with Crippen LogP contribution in [0.4, 0.5) is 11.5 Å². The smallest absolute Gasteiger partial charge is 0.183 e. The number of halogens is 2. The van der Waals surface area contributed by atoms with Gasteiger partial charge >= 0.3 is 0 Å². The molecule has 0 radical (unpaired) electrons. The first-order valence-electron chi connectivity index (χ1n) is 7.62. The summed E-state index contributed by atoms with van der Waals surface area (Å²) in [7, 11) is 0. The second-order valence-corrected chi connectivity index (χ2v) is 6.28. The molecule has 0 aliphatic carbocycles. The summed E-state index contributed by atoms with van der Waals surface area (Å²) in [6.07, 6.45) is 4.64. The van der Waals surface area contributed by atoms with Crippen molar-refractivity contribution in [2.24, 2.45) is 0 Å². The van der Waals surface area contributed by atoms with Crippen LogP contribution >= 0.6 is 23.2 Å². The molecule has 3 aromatic heterocycles. The predicted octanol–water partition coefficient (Wildman–Crippen LogP) is 3.96. The Morgan fingerprint density at radius 2 is 1.92 bits per heavy atom. The monoisotopic (exact) mass is 386 g/mol. The van der Waals surface area contributed by atoms with Gasteiger partial charge in [0.1, 0.15) is 17.7 Å². The molecule has 0 bridgehead atoms. The number of H-pyrrole nitrogens is 1. The van der Waals surface area contributed by atoms with Crippen molar-refractivity contribution in [3.8, 4) is 11.4 Å². The molecular weight excluding hydrogens is 375 g/mol. The van der Waals surface area contributed by atoms with Crippen LogP contribution in [0.1, 0.15) is 5.56 Å². The van der Waals surface area contributed by atoms with Crippen LogP contribution in [0.2, 0.25) is 10.0 Å². The van der Waals surface area contributed by atoms with Gasteiger partial charge in [0.05, 0.1) is 34.1 Å². The van der Waals surface area contributed by atoms with Gasteiger partial charge in [-0.2, -0.15) is 0 Å². The van der Waals surface area contributed by atoms with Crippen molar-refractivity contribution in [3.05, 3.63) is 58.6 Å². The topological polar surface area (TPSA) is 99.6 Å². The van der Waals surface area contributed by atoms with Crippen molar-refractivity contribution in [2.45, 2.75) is 6.61 Å². The van der Waals surface area contributed by atoms with E-state index in [0.717, 1.165) is 0 Å². The average molecular weight is 387 g/mol. The molecule has 0 saturated carbocycles. The van der Waals surface area contributed by atoms with E-state index in [9.17, 15) is 5.11 Å². The summed E-state index contributed by atoms with van der Waals surface area (Å²) in [5.41, 5.74) is 3.05. The molecule has 0 atom stereocenters. The number of imidazole rings is 1. The van der Waals surface area contributed by atoms with Crippen LogP contribution in [0.25, 0.3) is 22.6 Å². The molecule has 0 amide bonds. The number of nitrogens with zero attached hydrogens (tertiary/aromatic N) is 4. The molecule has 0 saturated heterocycles. The highest BCUT2D eigenvalue weighted by molar-refractivity contribution is 6.39. The third-order valence-electron chi connectivity index (χ3n) is 3.73. The molecule has 9 heteroatoms. The molecule has 4 rings (SSSR count). The molecular formula is C17H12Cl2N6O. The first-order chi connectivity index (χ1) is 12.7. The van der Waals surface area contributed by atoms with Crippen LogP contribution in [-0.2, 0) is 6.61 Å². The van der Waals surface area contributed by atoms with Crippen molar-refractivity contribution in [1.29, 1.82) is 0 Å². The third-order valence-corrected chi connectivity index (χ3v) is 4.36. The summed E-state index contributed by atoms with van der Waals surface area (Å²) in [5.74, 6) is 1.02. The Balaban J connectivity index is 1.79. The van der Waals surface area contributed by atoms with Gasteiger partial charge in [-0.3, -0.25) is 4.98 Å². The standard InChI is InChI=1S/C17H12Cl2N6O/c18-11-2-1-3-12(19)13(11)15-24-14-16(21-8-22-17(14)25-15)23-10-4-9(7-26)5-20-6-10/h1-6,8,26H,7H2,(H2,21,22,23,24,25). The number of anilines is 2. The lowest BCUT2D eigenvalue weighted by Crippen LogP contribution is -1.97. The second-order valence-electron chi connectivity index (χ2n) is 5.47. The van der Waals surface area contributed by atoms with Gasteiger partial charge in [0.25, 0.3) is 0 Å². The van der Waals surface area contributed by atoms with E-state index in [4.69, 9.17) is 23.2 Å². The maximum Gasteiger partial charge on any atom is 0.183 e. The van der Waals surface area contributed by atoms with Gasteiger partial charge in [-0.05, 0) is 23.8 Å². The number of aromatic amines is 1. The van der Waals surface area contributed by atoms with Gasteiger partial charge in [0, 0.05) is 6.20 Å². The van der Waals surface area contributed by atoms with E-state index in [2.05, 4.69) is 30.2 Å². The minimum absolute atomic E-state index is 0.0963. The van der Waals surface area contributed by atoms with E-state index in [1.54, 1.807) is 36.7 Å². The van der Waals surface area contributed by atoms with E-state index in [0.29, 0.717) is 49.7 Å². The van der Waals surface area contributed by atoms with E-state index in [-0.39, 0.29) is 6.61 Å². The highest BCUT2D eigenvalue weighted by atomic mass is 35.5. The quantitative estimate of drug-likeness (QED) is 0.490. The highest BCUT2D eigenvalue weighted by Gasteiger charge is 2.16. The Bertz CT molecular complexity index is 1080. The van der Waals surface area contributed by atoms with Crippen LogP contribution < -0.4 is 5.32 Å². The molecule has 0 spiro atoms. The number of benzene rings is 1. The third kappa shape index (κ3) is 3.08. The zero-order valence-electron chi connectivity index (χ0n) is 13.2. The van der Waals surface area contributed by atoms with Gasteiger partial charge in [-0.15, -0.1) is 0 Å². The summed E-state index contributed by atoms with van der Waals surface area (Å²) in [5, 5.41) is 13.4. The molecule has 26 heavy (non-hydrogen) atoms. The Morgan fingerprint density at radius 3 is 2.69 bits per heavy atom. The lowest BCUT2D eigenvalue weighted by molar-refractivity contribution is 0.281.